The second-order valence-electron chi connectivity index (χ2n) is 15.4. The molecular weight excluding hydrogens is 790 g/mol. The number of esters is 1. The number of hydrogen-bond acceptors (Lipinski definition) is 13. The van der Waals surface area contributed by atoms with Crippen LogP contribution in [0, 0.1) is 17.8 Å². The summed E-state index contributed by atoms with van der Waals surface area (Å²) >= 11 is 0. The molecule has 3 aromatic rings. The summed E-state index contributed by atoms with van der Waals surface area (Å²) in [5.41, 5.74) is 6.93. The molecule has 0 aliphatic carbocycles. The molecule has 15 nitrogen and oxygen atoms in total. The van der Waals surface area contributed by atoms with Crippen LogP contribution in [-0.4, -0.2) is 102 Å². The van der Waals surface area contributed by atoms with Gasteiger partial charge in [0.2, 0.25) is 10.0 Å². The molecule has 58 heavy (non-hydrogen) atoms. The number of sulfonamides is 1. The summed E-state index contributed by atoms with van der Waals surface area (Å²) in [5, 5.41) is 2.90. The number of amides is 1. The first-order chi connectivity index (χ1) is 27.5. The third kappa shape index (κ3) is 12.4. The highest BCUT2D eigenvalue weighted by Crippen LogP contribution is 2.43. The maximum Gasteiger partial charge on any atom is 0.407 e. The van der Waals surface area contributed by atoms with Crippen LogP contribution in [0.3, 0.4) is 0 Å². The van der Waals surface area contributed by atoms with E-state index in [1.54, 1.807) is 74.5 Å². The molecule has 0 bridgehead atoms. The Kier molecular flexibility index (Phi) is 15.6. The molecule has 3 N–H and O–H groups in total. The molecule has 2 aliphatic rings. The van der Waals surface area contributed by atoms with Gasteiger partial charge in [-0.05, 0) is 78.8 Å². The Balaban J connectivity index is 1.43. The van der Waals surface area contributed by atoms with Crippen molar-refractivity contribution in [2.75, 3.05) is 46.4 Å². The van der Waals surface area contributed by atoms with Crippen molar-refractivity contribution in [1.29, 1.82) is 0 Å². The van der Waals surface area contributed by atoms with E-state index in [9.17, 15) is 22.6 Å². The highest BCUT2D eigenvalue weighted by Gasteiger charge is 2.44. The molecular formula is C41H56N3O12PS. The Morgan fingerprint density at radius 2 is 1.60 bits per heavy atom. The number of para-hydroxylation sites is 1. The minimum absolute atomic E-state index is 0.0118. The van der Waals surface area contributed by atoms with Gasteiger partial charge in [0.05, 0.1) is 43.7 Å². The van der Waals surface area contributed by atoms with E-state index in [0.29, 0.717) is 35.8 Å². The summed E-state index contributed by atoms with van der Waals surface area (Å²) in [4.78, 5) is 27.3. The molecule has 318 valence electrons. The Bertz CT molecular complexity index is 1950. The van der Waals surface area contributed by atoms with Crippen molar-refractivity contribution in [2.24, 2.45) is 23.5 Å². The second kappa shape index (κ2) is 20.2. The number of nitrogens with zero attached hydrogens (tertiary/aromatic N) is 1. The van der Waals surface area contributed by atoms with E-state index in [2.05, 4.69) is 5.32 Å². The van der Waals surface area contributed by atoms with Crippen molar-refractivity contribution in [3.05, 3.63) is 84.4 Å². The van der Waals surface area contributed by atoms with E-state index in [-0.39, 0.29) is 55.1 Å². The van der Waals surface area contributed by atoms with Crippen molar-refractivity contribution in [3.8, 4) is 17.2 Å². The number of rotatable bonds is 20. The van der Waals surface area contributed by atoms with Crippen LogP contribution >= 0.6 is 7.37 Å². The molecule has 2 heterocycles. The number of nitrogens with one attached hydrogen (secondary N) is 1. The molecule has 5 rings (SSSR count). The third-order valence-electron chi connectivity index (χ3n) is 9.79. The van der Waals surface area contributed by atoms with Crippen molar-refractivity contribution in [1.82, 2.24) is 9.62 Å². The van der Waals surface area contributed by atoms with Gasteiger partial charge in [-0.1, -0.05) is 58.0 Å². The number of carbonyl (C=O) groups excluding carboxylic acids is 2. The molecule has 7 atom stereocenters. The van der Waals surface area contributed by atoms with Crippen LogP contribution in [-0.2, 0) is 44.8 Å². The predicted octanol–water partition coefficient (Wildman–Crippen LogP) is 5.66. The molecule has 17 heteroatoms. The monoisotopic (exact) mass is 845 g/mol. The SMILES string of the molecule is COc1ccc(S(=O)(=O)N(CC(C)C)C[C@@H](OC(=O)[C@H](N)C(C)C)[C@H](Cc2ccc(OCP(C)(=O)Oc3ccccc3)cc2)NC(=O)O[C@H]2CO[C@H]3OCC[C@H]32)cc1. The van der Waals surface area contributed by atoms with Gasteiger partial charge in [0.15, 0.2) is 12.6 Å². The van der Waals surface area contributed by atoms with E-state index in [1.165, 1.54) is 30.2 Å². The lowest BCUT2D eigenvalue weighted by Gasteiger charge is -2.34. The fourth-order valence-electron chi connectivity index (χ4n) is 6.57. The second-order valence-corrected chi connectivity index (χ2v) is 19.8. The zero-order valence-corrected chi connectivity index (χ0v) is 35.6. The van der Waals surface area contributed by atoms with Crippen LogP contribution in [0.1, 0.15) is 39.7 Å². The molecule has 0 saturated carbocycles. The minimum Gasteiger partial charge on any atom is -0.497 e. The summed E-state index contributed by atoms with van der Waals surface area (Å²) in [5.74, 6) is 0.0405. The average molecular weight is 846 g/mol. The number of fused-ring (bicyclic) bond motifs is 1. The molecule has 2 fully saturated rings. The quantitative estimate of drug-likeness (QED) is 0.105. The number of hydrogen-bond donors (Lipinski definition) is 2. The Morgan fingerprint density at radius 1 is 0.931 bits per heavy atom. The fourth-order valence-corrected chi connectivity index (χ4v) is 9.19. The van der Waals surface area contributed by atoms with Gasteiger partial charge in [-0.2, -0.15) is 4.31 Å². The molecule has 0 aromatic heterocycles. The number of nitrogens with two attached hydrogens (primary N) is 1. The zero-order valence-electron chi connectivity index (χ0n) is 33.9. The van der Waals surface area contributed by atoms with Crippen molar-refractivity contribution >= 4 is 29.5 Å². The molecule has 2 saturated heterocycles. The lowest BCUT2D eigenvalue weighted by Crippen LogP contribution is -2.54. The standard InChI is InChI=1S/C41H56N3O12PS/c1-27(2)23-44(58(48,49)33-18-16-30(50-5)17-19-33)24-36(54-39(45)38(42)28(3)4)35(43-41(46)55-37-25-52-40-34(37)20-21-51-40)22-29-12-14-31(15-13-29)53-26-57(6,47)56-32-10-8-7-9-11-32/h7-19,27-28,34-38,40H,20-26,42H2,1-6H3,(H,43,46)/t34-,35-,36+,37-,38+,40+,57?/m0/s1. The van der Waals surface area contributed by atoms with E-state index in [4.69, 9.17) is 38.7 Å². The van der Waals surface area contributed by atoms with E-state index >= 15 is 0 Å². The Hall–Kier alpha value is -4.18. The smallest absolute Gasteiger partial charge is 0.407 e. The highest BCUT2D eigenvalue weighted by atomic mass is 32.2. The van der Waals surface area contributed by atoms with Crippen LogP contribution in [0.4, 0.5) is 4.79 Å². The van der Waals surface area contributed by atoms with Crippen molar-refractivity contribution in [2.45, 2.75) is 76.0 Å². The van der Waals surface area contributed by atoms with Crippen LogP contribution in [0.5, 0.6) is 17.2 Å². The van der Waals surface area contributed by atoms with Gasteiger partial charge >= 0.3 is 12.1 Å². The van der Waals surface area contributed by atoms with E-state index in [0.717, 1.165) is 0 Å². The van der Waals surface area contributed by atoms with Crippen LogP contribution in [0.2, 0.25) is 0 Å². The number of ether oxygens (including phenoxy) is 6. The first-order valence-electron chi connectivity index (χ1n) is 19.4. The van der Waals surface area contributed by atoms with Gasteiger partial charge in [0.1, 0.15) is 35.5 Å². The molecule has 2 aliphatic heterocycles. The van der Waals surface area contributed by atoms with E-state index in [1.807, 2.05) is 19.9 Å². The van der Waals surface area contributed by atoms with Crippen molar-refractivity contribution < 1.29 is 55.5 Å². The molecule has 1 amide bonds. The minimum atomic E-state index is -4.16. The largest absolute Gasteiger partial charge is 0.497 e. The van der Waals surface area contributed by atoms with Gasteiger partial charge in [-0.15, -0.1) is 0 Å². The van der Waals surface area contributed by atoms with E-state index < -0.39 is 60.0 Å². The first-order valence-corrected chi connectivity index (χ1v) is 23.1. The van der Waals surface area contributed by atoms with Gasteiger partial charge in [0, 0.05) is 13.2 Å². The number of methoxy groups -OCH3 is 1. The molecule has 0 radical (unpaired) electrons. The predicted molar refractivity (Wildman–Crippen MR) is 217 cm³/mol. The maximum atomic E-state index is 14.3. The molecule has 0 spiro atoms. The Morgan fingerprint density at radius 3 is 2.24 bits per heavy atom. The topological polar surface area (TPSA) is 191 Å². The van der Waals surface area contributed by atoms with Crippen LogP contribution < -0.4 is 25.0 Å². The van der Waals surface area contributed by atoms with Gasteiger partial charge in [0.25, 0.3) is 7.37 Å². The summed E-state index contributed by atoms with van der Waals surface area (Å²) < 4.78 is 82.9. The molecule has 3 aromatic carbocycles. The van der Waals surface area contributed by atoms with Crippen LogP contribution in [0.25, 0.3) is 0 Å². The highest BCUT2D eigenvalue weighted by molar-refractivity contribution is 7.89. The maximum absolute atomic E-state index is 14.3. The van der Waals surface area contributed by atoms with Crippen molar-refractivity contribution in [3.63, 3.8) is 0 Å². The number of carbonyl (C=O) groups is 2. The molecule has 1 unspecified atom stereocenters. The van der Waals surface area contributed by atoms with Gasteiger partial charge < -0.3 is 44.0 Å². The first kappa shape index (κ1) is 44.9. The fraction of sp³-hybridized carbons (Fsp3) is 0.512. The number of benzene rings is 3. The summed E-state index contributed by atoms with van der Waals surface area (Å²) in [6.45, 7) is 9.16. The van der Waals surface area contributed by atoms with Gasteiger partial charge in [-0.25, -0.2) is 13.2 Å². The zero-order chi connectivity index (χ0) is 42.0. The summed E-state index contributed by atoms with van der Waals surface area (Å²) in [7, 11) is -5.86. The average Bonchev–Trinajstić information content (AvgIpc) is 3.81. The van der Waals surface area contributed by atoms with Gasteiger partial charge in [-0.3, -0.25) is 9.36 Å². The summed E-state index contributed by atoms with van der Waals surface area (Å²) in [6.07, 6.45) is -2.53. The third-order valence-corrected chi connectivity index (χ3v) is 12.8. The Labute approximate surface area is 341 Å². The lowest BCUT2D eigenvalue weighted by atomic mass is 10.00. The summed E-state index contributed by atoms with van der Waals surface area (Å²) in [6, 6.07) is 19.6. The number of alkyl carbamates (subject to hydrolysis) is 1. The van der Waals surface area contributed by atoms with Crippen LogP contribution in [0.15, 0.2) is 83.8 Å². The lowest BCUT2D eigenvalue weighted by molar-refractivity contribution is -0.153. The normalized spacial score (nSPS) is 20.5.